The number of halogens is 1. The van der Waals surface area contributed by atoms with E-state index >= 15 is 0 Å². The lowest BCUT2D eigenvalue weighted by Crippen LogP contribution is -2.57. The molecule has 2 N–H and O–H groups in total. The first-order valence-corrected chi connectivity index (χ1v) is 15.5. The summed E-state index contributed by atoms with van der Waals surface area (Å²) in [5, 5.41) is 15.5. The minimum absolute atomic E-state index is 0.0329. The van der Waals surface area contributed by atoms with Crippen LogP contribution in [0.3, 0.4) is 0 Å². The standard InChI is InChI=1S/C28H37FN6O3S/c1-17(2)20-6-7-23(35-14-19(18(35)3)16-39(5,37)38)22-13-31-26(12-21(20)22)32-25-8-10-30-27(33-25)34-11-9-28(4,36)24(29)15-34/h6-8,10,12-13,17-19,24,36H,9,11,14-16H2,1-5H3,(H,30,31,32,33)/t18-,19-,24-,28+/m1/s1. The molecule has 9 nitrogen and oxygen atoms in total. The van der Waals surface area contributed by atoms with Crippen molar-refractivity contribution in [2.24, 2.45) is 5.92 Å². The molecule has 0 spiro atoms. The van der Waals surface area contributed by atoms with E-state index in [-0.39, 0.29) is 24.3 Å². The van der Waals surface area contributed by atoms with Gasteiger partial charge < -0.3 is 20.2 Å². The molecule has 210 valence electrons. The van der Waals surface area contributed by atoms with Gasteiger partial charge in [0.1, 0.15) is 27.6 Å². The third-order valence-electron chi connectivity index (χ3n) is 8.09. The number of nitrogens with one attached hydrogen (secondary N) is 1. The Morgan fingerprint density at radius 3 is 2.62 bits per heavy atom. The van der Waals surface area contributed by atoms with E-state index in [9.17, 15) is 17.9 Å². The fourth-order valence-corrected chi connectivity index (χ4v) is 6.70. The maximum atomic E-state index is 14.4. The van der Waals surface area contributed by atoms with Crippen LogP contribution in [0.25, 0.3) is 10.8 Å². The van der Waals surface area contributed by atoms with Gasteiger partial charge in [0.25, 0.3) is 0 Å². The van der Waals surface area contributed by atoms with Gasteiger partial charge in [-0.1, -0.05) is 19.9 Å². The molecule has 2 aliphatic rings. The van der Waals surface area contributed by atoms with Crippen LogP contribution >= 0.6 is 0 Å². The van der Waals surface area contributed by atoms with Gasteiger partial charge in [0.05, 0.1) is 17.9 Å². The summed E-state index contributed by atoms with van der Waals surface area (Å²) in [7, 11) is -3.03. The number of rotatable bonds is 7. The van der Waals surface area contributed by atoms with Crippen LogP contribution in [-0.2, 0) is 9.84 Å². The number of anilines is 4. The van der Waals surface area contributed by atoms with Gasteiger partial charge in [0.2, 0.25) is 5.95 Å². The van der Waals surface area contributed by atoms with Crippen LogP contribution in [0.15, 0.2) is 36.7 Å². The van der Waals surface area contributed by atoms with Crippen LogP contribution in [0.1, 0.15) is 45.6 Å². The van der Waals surface area contributed by atoms with Crippen LogP contribution < -0.4 is 15.1 Å². The number of piperidine rings is 1. The van der Waals surface area contributed by atoms with Crippen molar-refractivity contribution in [3.05, 3.63) is 42.2 Å². The van der Waals surface area contributed by atoms with Gasteiger partial charge in [-0.05, 0) is 55.3 Å². The summed E-state index contributed by atoms with van der Waals surface area (Å²) < 4.78 is 38.1. The Hall–Kier alpha value is -3.05. The van der Waals surface area contributed by atoms with Crippen molar-refractivity contribution in [1.29, 1.82) is 0 Å². The molecule has 3 aromatic rings. The van der Waals surface area contributed by atoms with Gasteiger partial charge in [-0.3, -0.25) is 0 Å². The Morgan fingerprint density at radius 2 is 1.95 bits per heavy atom. The number of sulfone groups is 1. The molecule has 1 aromatic carbocycles. The summed E-state index contributed by atoms with van der Waals surface area (Å²) in [4.78, 5) is 17.6. The topological polar surface area (TPSA) is 112 Å². The average molecular weight is 557 g/mol. The first-order valence-electron chi connectivity index (χ1n) is 13.4. The lowest BCUT2D eigenvalue weighted by molar-refractivity contribution is -0.0332. The molecule has 0 bridgehead atoms. The number of benzene rings is 1. The van der Waals surface area contributed by atoms with Crippen LogP contribution in [-0.4, -0.2) is 77.9 Å². The number of hydrogen-bond acceptors (Lipinski definition) is 9. The SMILES string of the molecule is CC(C)c1ccc(N2C[C@H](CS(C)(=O)=O)[C@H]2C)c2cnc(Nc3ccnc(N4CC[C@](C)(O)[C@H](F)C4)n3)cc12. The highest BCUT2D eigenvalue weighted by atomic mass is 32.2. The molecule has 39 heavy (non-hydrogen) atoms. The molecule has 0 saturated carbocycles. The van der Waals surface area contributed by atoms with E-state index in [2.05, 4.69) is 58.1 Å². The second-order valence-electron chi connectivity index (χ2n) is 11.6. The predicted octanol–water partition coefficient (Wildman–Crippen LogP) is 4.06. The molecular formula is C28H37FN6O3S. The van der Waals surface area contributed by atoms with Gasteiger partial charge in [-0.2, -0.15) is 4.98 Å². The van der Waals surface area contributed by atoms with Crippen molar-refractivity contribution in [3.63, 3.8) is 0 Å². The molecule has 11 heteroatoms. The van der Waals surface area contributed by atoms with Crippen LogP contribution in [0.4, 0.5) is 27.7 Å². The maximum absolute atomic E-state index is 14.4. The Kier molecular flexibility index (Phi) is 7.17. The quantitative estimate of drug-likeness (QED) is 0.445. The fourth-order valence-electron chi connectivity index (χ4n) is 5.54. The van der Waals surface area contributed by atoms with Gasteiger partial charge in [-0.15, -0.1) is 0 Å². The Balaban J connectivity index is 1.40. The van der Waals surface area contributed by atoms with Gasteiger partial charge in [-0.25, -0.2) is 22.8 Å². The summed E-state index contributed by atoms with van der Waals surface area (Å²) in [6.07, 6.45) is 3.70. The molecule has 4 atom stereocenters. The fraction of sp³-hybridized carbons (Fsp3) is 0.536. The molecule has 5 rings (SSSR count). The van der Waals surface area contributed by atoms with E-state index in [1.54, 1.807) is 17.2 Å². The van der Waals surface area contributed by atoms with E-state index in [1.807, 2.05) is 12.3 Å². The second-order valence-corrected chi connectivity index (χ2v) is 13.8. The summed E-state index contributed by atoms with van der Waals surface area (Å²) >= 11 is 0. The number of hydrogen-bond donors (Lipinski definition) is 2. The maximum Gasteiger partial charge on any atom is 0.227 e. The second kappa shape index (κ2) is 10.2. The zero-order valence-corrected chi connectivity index (χ0v) is 23.9. The van der Waals surface area contributed by atoms with Crippen LogP contribution in [0.2, 0.25) is 0 Å². The smallest absolute Gasteiger partial charge is 0.227 e. The monoisotopic (exact) mass is 556 g/mol. The summed E-state index contributed by atoms with van der Waals surface area (Å²) in [5.41, 5.74) is 0.908. The lowest BCUT2D eigenvalue weighted by atomic mass is 9.88. The van der Waals surface area contributed by atoms with E-state index < -0.39 is 21.6 Å². The lowest BCUT2D eigenvalue weighted by Gasteiger charge is -2.48. The highest BCUT2D eigenvalue weighted by molar-refractivity contribution is 7.90. The Bertz CT molecular complexity index is 1480. The molecule has 2 fully saturated rings. The van der Waals surface area contributed by atoms with Crippen molar-refractivity contribution in [1.82, 2.24) is 15.0 Å². The number of nitrogens with zero attached hydrogens (tertiary/aromatic N) is 5. The van der Waals surface area contributed by atoms with Crippen molar-refractivity contribution in [2.45, 2.75) is 57.8 Å². The van der Waals surface area contributed by atoms with Crippen LogP contribution in [0, 0.1) is 5.92 Å². The largest absolute Gasteiger partial charge is 0.387 e. The van der Waals surface area contributed by atoms with E-state index in [0.29, 0.717) is 43.0 Å². The molecule has 2 saturated heterocycles. The van der Waals surface area contributed by atoms with E-state index in [4.69, 9.17) is 0 Å². The number of aromatic nitrogens is 3. The van der Waals surface area contributed by atoms with Crippen LogP contribution in [0.5, 0.6) is 0 Å². The molecule has 0 aliphatic carbocycles. The summed E-state index contributed by atoms with van der Waals surface area (Å²) in [6.45, 7) is 9.09. The third kappa shape index (κ3) is 5.65. The first-order chi connectivity index (χ1) is 18.3. The predicted molar refractivity (Wildman–Crippen MR) is 154 cm³/mol. The number of alkyl halides is 1. The zero-order chi connectivity index (χ0) is 28.1. The minimum atomic E-state index is -3.03. The molecule has 0 amide bonds. The van der Waals surface area contributed by atoms with Gasteiger partial charge in [0, 0.05) is 54.8 Å². The molecular weight excluding hydrogens is 519 g/mol. The van der Waals surface area contributed by atoms with Gasteiger partial charge >= 0.3 is 0 Å². The zero-order valence-electron chi connectivity index (χ0n) is 23.1. The Labute approximate surface area is 229 Å². The number of fused-ring (bicyclic) bond motifs is 1. The number of pyridine rings is 1. The highest BCUT2D eigenvalue weighted by Crippen LogP contribution is 2.39. The molecule has 0 unspecified atom stereocenters. The molecule has 2 aromatic heterocycles. The van der Waals surface area contributed by atoms with Gasteiger partial charge in [0.15, 0.2) is 0 Å². The minimum Gasteiger partial charge on any atom is -0.387 e. The van der Waals surface area contributed by atoms with E-state index in [1.165, 1.54) is 18.7 Å². The van der Waals surface area contributed by atoms with Crippen molar-refractivity contribution < 1.29 is 17.9 Å². The number of aliphatic hydroxyl groups is 1. The first kappa shape index (κ1) is 27.5. The normalized spacial score (nSPS) is 25.7. The van der Waals surface area contributed by atoms with Crippen molar-refractivity contribution in [2.75, 3.05) is 46.8 Å². The van der Waals surface area contributed by atoms with Crippen molar-refractivity contribution >= 4 is 43.9 Å². The highest BCUT2D eigenvalue weighted by Gasteiger charge is 2.39. The van der Waals surface area contributed by atoms with Crippen molar-refractivity contribution in [3.8, 4) is 0 Å². The summed E-state index contributed by atoms with van der Waals surface area (Å²) in [5.74, 6) is 2.17. The average Bonchev–Trinajstić information content (AvgIpc) is 2.86. The Morgan fingerprint density at radius 1 is 1.18 bits per heavy atom. The van der Waals surface area contributed by atoms with E-state index in [0.717, 1.165) is 16.5 Å². The molecule has 0 radical (unpaired) electrons. The molecule has 2 aliphatic heterocycles. The molecule has 4 heterocycles. The third-order valence-corrected chi connectivity index (χ3v) is 9.12. The summed E-state index contributed by atoms with van der Waals surface area (Å²) in [6, 6.07) is 8.14.